The number of aryl methyl sites for hydroxylation is 2. The minimum atomic E-state index is 1.15. The molecule has 1 aliphatic heterocycles. The average molecular weight is 694 g/mol. The molecule has 0 unspecified atom stereocenters. The lowest BCUT2D eigenvalue weighted by atomic mass is 9.91. The molecule has 0 aliphatic carbocycles. The highest BCUT2D eigenvalue weighted by atomic mass is 15.2. The molecular formula is C51H39N3. The number of fused-ring (bicyclic) bond motifs is 5. The summed E-state index contributed by atoms with van der Waals surface area (Å²) in [5, 5.41) is 2.51. The average Bonchev–Trinajstić information content (AvgIpc) is 3.55. The van der Waals surface area contributed by atoms with E-state index in [-0.39, 0.29) is 0 Å². The smallest absolute Gasteiger partial charge is 0.0783 e. The number of aromatic nitrogens is 1. The van der Waals surface area contributed by atoms with E-state index in [1.54, 1.807) is 0 Å². The van der Waals surface area contributed by atoms with Crippen molar-refractivity contribution in [2.45, 2.75) is 20.8 Å². The van der Waals surface area contributed by atoms with Gasteiger partial charge in [-0.3, -0.25) is 0 Å². The lowest BCUT2D eigenvalue weighted by Crippen LogP contribution is -2.17. The maximum absolute atomic E-state index is 2.46. The van der Waals surface area contributed by atoms with Crippen molar-refractivity contribution < 1.29 is 0 Å². The molecule has 258 valence electrons. The Morgan fingerprint density at radius 2 is 1.07 bits per heavy atom. The third kappa shape index (κ3) is 4.97. The first-order chi connectivity index (χ1) is 26.6. The Hall–Kier alpha value is -6.84. The normalized spacial score (nSPS) is 11.9. The summed E-state index contributed by atoms with van der Waals surface area (Å²) in [5.74, 6) is 0. The molecule has 0 fully saturated rings. The first kappa shape index (κ1) is 31.9. The maximum Gasteiger partial charge on any atom is 0.0783 e. The van der Waals surface area contributed by atoms with Gasteiger partial charge in [0, 0.05) is 33.5 Å². The van der Waals surface area contributed by atoms with E-state index in [2.05, 4.69) is 217 Å². The van der Waals surface area contributed by atoms with Gasteiger partial charge in [0.05, 0.1) is 28.1 Å². The van der Waals surface area contributed by atoms with Crippen molar-refractivity contribution in [1.82, 2.24) is 4.57 Å². The molecule has 0 bridgehead atoms. The van der Waals surface area contributed by atoms with Gasteiger partial charge in [0.2, 0.25) is 0 Å². The Kier molecular flexibility index (Phi) is 7.48. The summed E-state index contributed by atoms with van der Waals surface area (Å²) >= 11 is 0. The Bertz CT molecular complexity index is 2870. The van der Waals surface area contributed by atoms with E-state index >= 15 is 0 Å². The highest BCUT2D eigenvalue weighted by Crippen LogP contribution is 2.50. The van der Waals surface area contributed by atoms with Crippen molar-refractivity contribution in [3.63, 3.8) is 0 Å². The maximum atomic E-state index is 2.46. The van der Waals surface area contributed by atoms with Crippen molar-refractivity contribution in [3.05, 3.63) is 199 Å². The fourth-order valence-electron chi connectivity index (χ4n) is 8.54. The van der Waals surface area contributed by atoms with Crippen LogP contribution in [0.3, 0.4) is 0 Å². The Balaban J connectivity index is 1.12. The number of benzene rings is 8. The van der Waals surface area contributed by atoms with E-state index in [0.29, 0.717) is 0 Å². The summed E-state index contributed by atoms with van der Waals surface area (Å²) in [5.41, 5.74) is 19.3. The second-order valence-electron chi connectivity index (χ2n) is 14.3. The minimum Gasteiger partial charge on any atom is -0.310 e. The van der Waals surface area contributed by atoms with Crippen LogP contribution in [-0.4, -0.2) is 4.57 Å². The molecule has 1 aliphatic rings. The number of anilines is 6. The zero-order valence-electron chi connectivity index (χ0n) is 30.7. The fourth-order valence-corrected chi connectivity index (χ4v) is 8.54. The van der Waals surface area contributed by atoms with Crippen LogP contribution >= 0.6 is 0 Å². The molecule has 0 amide bonds. The largest absolute Gasteiger partial charge is 0.310 e. The Labute approximate surface area is 316 Å². The molecule has 1 aromatic heterocycles. The summed E-state index contributed by atoms with van der Waals surface area (Å²) in [6.45, 7) is 6.68. The van der Waals surface area contributed by atoms with Crippen molar-refractivity contribution in [2.75, 3.05) is 9.80 Å². The Morgan fingerprint density at radius 1 is 0.426 bits per heavy atom. The number of nitrogens with zero attached hydrogens (tertiary/aromatic N) is 3. The summed E-state index contributed by atoms with van der Waals surface area (Å²) in [7, 11) is 0. The van der Waals surface area contributed by atoms with E-state index in [4.69, 9.17) is 0 Å². The zero-order chi connectivity index (χ0) is 36.3. The standard InChI is InChI=1S/C51H39N3/c1-34-28-29-37(32-43(34)41-21-14-26-46(36(41)3)52(39-17-6-4-7-18-39)45-23-11-10-16-35(45)2)38-30-31-47-44(33-38)42-22-15-27-50-51(42)54(47)49-25-13-12-24-48(49)53(50)40-19-8-5-9-20-40/h4-33H,1-3H3. The van der Waals surface area contributed by atoms with Crippen LogP contribution in [0.25, 0.3) is 49.7 Å². The topological polar surface area (TPSA) is 11.4 Å². The summed E-state index contributed by atoms with van der Waals surface area (Å²) in [6, 6.07) is 66.2. The number of para-hydroxylation sites is 6. The third-order valence-electron chi connectivity index (χ3n) is 11.2. The fraction of sp³-hybridized carbons (Fsp3) is 0.0588. The highest BCUT2D eigenvalue weighted by Gasteiger charge is 2.28. The van der Waals surface area contributed by atoms with E-state index in [1.165, 1.54) is 89.2 Å². The van der Waals surface area contributed by atoms with E-state index < -0.39 is 0 Å². The summed E-state index contributed by atoms with van der Waals surface area (Å²) < 4.78 is 2.46. The first-order valence-electron chi connectivity index (χ1n) is 18.7. The lowest BCUT2D eigenvalue weighted by molar-refractivity contribution is 1.11. The van der Waals surface area contributed by atoms with Crippen LogP contribution in [-0.2, 0) is 0 Å². The summed E-state index contributed by atoms with van der Waals surface area (Å²) in [4.78, 5) is 4.80. The predicted octanol–water partition coefficient (Wildman–Crippen LogP) is 14.3. The van der Waals surface area contributed by atoms with Gasteiger partial charge in [0.15, 0.2) is 0 Å². The van der Waals surface area contributed by atoms with Gasteiger partial charge in [0.1, 0.15) is 0 Å². The van der Waals surface area contributed by atoms with Crippen LogP contribution in [0.4, 0.5) is 34.1 Å². The molecule has 54 heavy (non-hydrogen) atoms. The molecule has 8 aromatic carbocycles. The van der Waals surface area contributed by atoms with Crippen LogP contribution in [0.5, 0.6) is 0 Å². The van der Waals surface area contributed by atoms with E-state index in [9.17, 15) is 0 Å². The van der Waals surface area contributed by atoms with Crippen molar-refractivity contribution in [1.29, 1.82) is 0 Å². The van der Waals surface area contributed by atoms with Crippen LogP contribution in [0, 0.1) is 20.8 Å². The molecule has 0 saturated heterocycles. The second-order valence-corrected chi connectivity index (χ2v) is 14.3. The van der Waals surface area contributed by atoms with Crippen molar-refractivity contribution >= 4 is 55.9 Å². The molecule has 9 aromatic rings. The SMILES string of the molecule is Cc1ccc(-c2ccc3c(c2)c2cccc4c2n3-c2ccccc2N4c2ccccc2)cc1-c1cccc(N(c2ccccc2)c2ccccc2C)c1C. The lowest BCUT2D eigenvalue weighted by Gasteiger charge is -2.33. The first-order valence-corrected chi connectivity index (χ1v) is 18.7. The van der Waals surface area contributed by atoms with Crippen molar-refractivity contribution in [2.24, 2.45) is 0 Å². The highest BCUT2D eigenvalue weighted by molar-refractivity contribution is 6.17. The zero-order valence-corrected chi connectivity index (χ0v) is 30.7. The predicted molar refractivity (Wildman–Crippen MR) is 229 cm³/mol. The third-order valence-corrected chi connectivity index (χ3v) is 11.2. The van der Waals surface area contributed by atoms with Crippen LogP contribution in [0.2, 0.25) is 0 Å². The second kappa shape index (κ2) is 12.7. The van der Waals surface area contributed by atoms with Gasteiger partial charge >= 0.3 is 0 Å². The minimum absolute atomic E-state index is 1.15. The molecule has 3 nitrogen and oxygen atoms in total. The van der Waals surface area contributed by atoms with Crippen LogP contribution < -0.4 is 9.80 Å². The molecule has 0 saturated carbocycles. The summed E-state index contributed by atoms with van der Waals surface area (Å²) in [6.07, 6.45) is 0. The Morgan fingerprint density at radius 3 is 1.89 bits per heavy atom. The van der Waals surface area contributed by atoms with Crippen LogP contribution in [0.1, 0.15) is 16.7 Å². The number of rotatable bonds is 6. The van der Waals surface area contributed by atoms with Crippen molar-refractivity contribution in [3.8, 4) is 27.9 Å². The molecule has 2 heterocycles. The van der Waals surface area contributed by atoms with Crippen LogP contribution in [0.15, 0.2) is 182 Å². The van der Waals surface area contributed by atoms with Gasteiger partial charge in [-0.25, -0.2) is 0 Å². The van der Waals surface area contributed by atoms with Gasteiger partial charge in [0.25, 0.3) is 0 Å². The van der Waals surface area contributed by atoms with Gasteiger partial charge in [-0.1, -0.05) is 109 Å². The molecular weight excluding hydrogens is 655 g/mol. The molecule has 0 N–H and O–H groups in total. The van der Waals surface area contributed by atoms with Gasteiger partial charge in [-0.05, 0) is 133 Å². The van der Waals surface area contributed by atoms with Gasteiger partial charge in [-0.15, -0.1) is 0 Å². The molecule has 3 heteroatoms. The monoisotopic (exact) mass is 693 g/mol. The van der Waals surface area contributed by atoms with E-state index in [0.717, 1.165) is 11.4 Å². The molecule has 0 atom stereocenters. The quantitative estimate of drug-likeness (QED) is 0.172. The number of hydrogen-bond acceptors (Lipinski definition) is 2. The van der Waals surface area contributed by atoms with Gasteiger partial charge < -0.3 is 14.4 Å². The van der Waals surface area contributed by atoms with Gasteiger partial charge in [-0.2, -0.15) is 0 Å². The number of hydrogen-bond donors (Lipinski definition) is 0. The molecule has 0 radical (unpaired) electrons. The molecule has 0 spiro atoms. The van der Waals surface area contributed by atoms with E-state index in [1.807, 2.05) is 0 Å². The molecule has 10 rings (SSSR count).